The van der Waals surface area contributed by atoms with Gasteiger partial charge in [-0.1, -0.05) is 53.3 Å². The maximum atomic E-state index is 13.2. The lowest BCUT2D eigenvalue weighted by atomic mass is 9.95. The minimum absolute atomic E-state index is 0.0358. The summed E-state index contributed by atoms with van der Waals surface area (Å²) < 4.78 is 5.86. The first-order valence-corrected chi connectivity index (χ1v) is 12.3. The summed E-state index contributed by atoms with van der Waals surface area (Å²) >= 11 is 1.17. The van der Waals surface area contributed by atoms with E-state index in [-0.39, 0.29) is 22.2 Å². The highest BCUT2D eigenvalue weighted by atomic mass is 32.1. The van der Waals surface area contributed by atoms with Gasteiger partial charge in [0.25, 0.3) is 5.78 Å². The van der Waals surface area contributed by atoms with E-state index in [0.29, 0.717) is 28.5 Å². The molecule has 1 amide bonds. The number of carbonyl (C=O) groups excluding carboxylic acids is 2. The average Bonchev–Trinajstić information content (AvgIpc) is 3.43. The number of nitrogens with zero attached hydrogens (tertiary/aromatic N) is 3. The summed E-state index contributed by atoms with van der Waals surface area (Å²) in [5.74, 6) is -1.32. The van der Waals surface area contributed by atoms with Crippen LogP contribution in [0.3, 0.4) is 0 Å². The van der Waals surface area contributed by atoms with Crippen LogP contribution in [0.2, 0.25) is 0 Å². The second-order valence-corrected chi connectivity index (χ2v) is 9.83. The number of aromatic hydroxyl groups is 1. The van der Waals surface area contributed by atoms with Crippen molar-refractivity contribution in [2.24, 2.45) is 0 Å². The van der Waals surface area contributed by atoms with Crippen LogP contribution in [-0.4, -0.2) is 32.1 Å². The third kappa shape index (κ3) is 4.81. The smallest absolute Gasteiger partial charge is 0.301 e. The number of aliphatic hydroxyl groups is 1. The molecule has 2 heterocycles. The third-order valence-corrected chi connectivity index (χ3v) is 6.83. The van der Waals surface area contributed by atoms with E-state index < -0.39 is 17.7 Å². The number of rotatable bonds is 6. The number of benzene rings is 3. The number of anilines is 1. The van der Waals surface area contributed by atoms with Gasteiger partial charge in [0, 0.05) is 5.56 Å². The van der Waals surface area contributed by atoms with Gasteiger partial charge in [-0.15, -0.1) is 10.2 Å². The molecule has 2 N–H and O–H groups in total. The normalized spacial score (nSPS) is 16.8. The Morgan fingerprint density at radius 1 is 1.00 bits per heavy atom. The average molecular weight is 514 g/mol. The summed E-state index contributed by atoms with van der Waals surface area (Å²) in [4.78, 5) is 27.5. The van der Waals surface area contributed by atoms with Crippen molar-refractivity contribution in [2.75, 3.05) is 4.90 Å². The lowest BCUT2D eigenvalue weighted by Crippen LogP contribution is -2.29. The van der Waals surface area contributed by atoms with Gasteiger partial charge in [-0.3, -0.25) is 14.5 Å². The molecule has 1 aromatic heterocycles. The summed E-state index contributed by atoms with van der Waals surface area (Å²) in [6.07, 6.45) is 0. The standard InChI is InChI=1S/C28H23N3O5S/c1-16-4-3-5-18(14-16)15-36-22-12-8-20(9-13-22)25(33)23-24(19-6-10-21(32)11-7-19)31(27(35)26(23)34)28-30-29-17(2)37-28/h3-14,24,32-33H,15H2,1-2H3. The van der Waals surface area contributed by atoms with Gasteiger partial charge < -0.3 is 14.9 Å². The molecular weight excluding hydrogens is 490 g/mol. The highest BCUT2D eigenvalue weighted by molar-refractivity contribution is 7.15. The third-order valence-electron chi connectivity index (χ3n) is 5.99. The number of aromatic nitrogens is 2. The molecule has 1 atom stereocenters. The van der Waals surface area contributed by atoms with Crippen molar-refractivity contribution in [1.29, 1.82) is 0 Å². The number of Topliss-reactive ketones (excluding diaryl/α,β-unsaturated/α-hetero) is 1. The monoisotopic (exact) mass is 513 g/mol. The maximum absolute atomic E-state index is 13.2. The minimum atomic E-state index is -0.940. The molecule has 0 radical (unpaired) electrons. The van der Waals surface area contributed by atoms with Crippen LogP contribution >= 0.6 is 11.3 Å². The first kappa shape index (κ1) is 24.2. The fourth-order valence-corrected chi connectivity index (χ4v) is 4.93. The minimum Gasteiger partial charge on any atom is -0.508 e. The Hall–Kier alpha value is -4.50. The number of amides is 1. The Morgan fingerprint density at radius 2 is 1.73 bits per heavy atom. The van der Waals surface area contributed by atoms with Gasteiger partial charge in [0.15, 0.2) is 0 Å². The van der Waals surface area contributed by atoms with Crippen LogP contribution in [0.15, 0.2) is 78.4 Å². The zero-order valence-electron chi connectivity index (χ0n) is 20.1. The Labute approximate surface area is 217 Å². The maximum Gasteiger partial charge on any atom is 0.301 e. The van der Waals surface area contributed by atoms with Crippen LogP contribution in [0.4, 0.5) is 5.13 Å². The summed E-state index contributed by atoms with van der Waals surface area (Å²) in [7, 11) is 0. The zero-order valence-corrected chi connectivity index (χ0v) is 20.9. The highest BCUT2D eigenvalue weighted by Gasteiger charge is 2.48. The van der Waals surface area contributed by atoms with E-state index in [1.807, 2.05) is 31.2 Å². The molecule has 0 bridgehead atoms. The summed E-state index contributed by atoms with van der Waals surface area (Å²) in [6, 6.07) is 19.9. The molecule has 1 aliphatic rings. The first-order valence-electron chi connectivity index (χ1n) is 11.5. The molecule has 1 fully saturated rings. The lowest BCUT2D eigenvalue weighted by Gasteiger charge is -2.22. The predicted molar refractivity (Wildman–Crippen MR) is 139 cm³/mol. The van der Waals surface area contributed by atoms with E-state index in [0.717, 1.165) is 11.1 Å². The number of ether oxygens (including phenoxy) is 1. The number of hydrogen-bond donors (Lipinski definition) is 2. The van der Waals surface area contributed by atoms with Crippen LogP contribution in [0.1, 0.15) is 33.3 Å². The first-order chi connectivity index (χ1) is 17.8. The molecule has 186 valence electrons. The number of aliphatic hydroxyl groups excluding tert-OH is 1. The molecule has 4 aromatic rings. The second-order valence-electron chi connectivity index (χ2n) is 8.67. The van der Waals surface area contributed by atoms with E-state index in [1.54, 1.807) is 43.3 Å². The van der Waals surface area contributed by atoms with Crippen molar-refractivity contribution >= 4 is 33.9 Å². The summed E-state index contributed by atoms with van der Waals surface area (Å²) in [5.41, 5.74) is 3.00. The molecule has 8 nitrogen and oxygen atoms in total. The summed E-state index contributed by atoms with van der Waals surface area (Å²) in [5, 5.41) is 29.9. The Bertz CT molecular complexity index is 1510. The molecule has 0 aliphatic carbocycles. The van der Waals surface area contributed by atoms with Crippen molar-refractivity contribution in [3.05, 3.63) is 106 Å². The predicted octanol–water partition coefficient (Wildman–Crippen LogP) is 5.07. The van der Waals surface area contributed by atoms with Crippen molar-refractivity contribution < 1.29 is 24.5 Å². The Balaban J connectivity index is 1.50. The van der Waals surface area contributed by atoms with Gasteiger partial charge in [0.2, 0.25) is 5.13 Å². The number of carbonyl (C=O) groups is 2. The Morgan fingerprint density at radius 3 is 2.38 bits per heavy atom. The van der Waals surface area contributed by atoms with Gasteiger partial charge in [0.05, 0.1) is 11.6 Å². The van der Waals surface area contributed by atoms with E-state index >= 15 is 0 Å². The molecule has 37 heavy (non-hydrogen) atoms. The summed E-state index contributed by atoms with van der Waals surface area (Å²) in [6.45, 7) is 4.15. The van der Waals surface area contributed by atoms with Crippen molar-refractivity contribution in [3.8, 4) is 11.5 Å². The van der Waals surface area contributed by atoms with Gasteiger partial charge in [-0.05, 0) is 61.4 Å². The fourth-order valence-electron chi connectivity index (χ4n) is 4.22. The van der Waals surface area contributed by atoms with Crippen LogP contribution in [0.5, 0.6) is 11.5 Å². The molecule has 5 rings (SSSR count). The topological polar surface area (TPSA) is 113 Å². The molecule has 0 spiro atoms. The molecule has 3 aromatic carbocycles. The largest absolute Gasteiger partial charge is 0.508 e. The van der Waals surface area contributed by atoms with E-state index in [4.69, 9.17) is 4.74 Å². The lowest BCUT2D eigenvalue weighted by molar-refractivity contribution is -0.132. The number of hydrogen-bond acceptors (Lipinski definition) is 8. The fraction of sp³-hybridized carbons (Fsp3) is 0.143. The molecule has 9 heteroatoms. The van der Waals surface area contributed by atoms with Gasteiger partial charge in [-0.2, -0.15) is 0 Å². The van der Waals surface area contributed by atoms with Gasteiger partial charge in [0.1, 0.15) is 28.9 Å². The molecule has 1 unspecified atom stereocenters. The van der Waals surface area contributed by atoms with Crippen molar-refractivity contribution in [3.63, 3.8) is 0 Å². The molecule has 1 aliphatic heterocycles. The molecule has 0 saturated carbocycles. The highest BCUT2D eigenvalue weighted by Crippen LogP contribution is 2.43. The van der Waals surface area contributed by atoms with Crippen LogP contribution in [0.25, 0.3) is 5.76 Å². The van der Waals surface area contributed by atoms with E-state index in [9.17, 15) is 19.8 Å². The van der Waals surface area contributed by atoms with Crippen LogP contribution in [0, 0.1) is 13.8 Å². The van der Waals surface area contributed by atoms with Gasteiger partial charge in [-0.25, -0.2) is 0 Å². The molecule has 1 saturated heterocycles. The van der Waals surface area contributed by atoms with E-state index in [2.05, 4.69) is 10.2 Å². The zero-order chi connectivity index (χ0) is 26.1. The van der Waals surface area contributed by atoms with Crippen LogP contribution < -0.4 is 9.64 Å². The van der Waals surface area contributed by atoms with Crippen molar-refractivity contribution in [1.82, 2.24) is 10.2 Å². The van der Waals surface area contributed by atoms with E-state index in [1.165, 1.54) is 28.4 Å². The Kier molecular flexibility index (Phi) is 6.45. The van der Waals surface area contributed by atoms with Crippen LogP contribution in [-0.2, 0) is 16.2 Å². The SMILES string of the molecule is Cc1cccc(COc2ccc(C(O)=C3C(=O)C(=O)N(c4nnc(C)s4)C3c3ccc(O)cc3)cc2)c1. The second kappa shape index (κ2) is 9.87. The number of phenols is 1. The number of ketones is 1. The number of aryl methyl sites for hydroxylation is 2. The quantitative estimate of drug-likeness (QED) is 0.210. The number of phenolic OH excluding ortho intramolecular Hbond substituents is 1. The molecular formula is C28H23N3O5S. The van der Waals surface area contributed by atoms with Crippen molar-refractivity contribution in [2.45, 2.75) is 26.5 Å². The van der Waals surface area contributed by atoms with Gasteiger partial charge >= 0.3 is 5.91 Å².